The first-order valence-electron chi connectivity index (χ1n) is 6.96. The highest BCUT2D eigenvalue weighted by Crippen LogP contribution is 2.28. The first kappa shape index (κ1) is 21.5. The van der Waals surface area contributed by atoms with Crippen LogP contribution in [-0.2, 0) is 4.79 Å². The van der Waals surface area contributed by atoms with Gasteiger partial charge in [-0.2, -0.15) is 13.2 Å². The molecule has 132 valence electrons. The topological polar surface area (TPSA) is 64.4 Å². The van der Waals surface area contributed by atoms with Gasteiger partial charge in [0.05, 0.1) is 5.54 Å². The van der Waals surface area contributed by atoms with Gasteiger partial charge in [-0.3, -0.25) is 4.79 Å². The first-order chi connectivity index (χ1) is 10.1. The highest BCUT2D eigenvalue weighted by atomic mass is 35.5. The van der Waals surface area contributed by atoms with Crippen molar-refractivity contribution in [3.63, 3.8) is 0 Å². The van der Waals surface area contributed by atoms with Crippen molar-refractivity contribution in [2.45, 2.75) is 45.3 Å². The van der Waals surface area contributed by atoms with Crippen LogP contribution < -0.4 is 15.8 Å². The average molecular weight is 355 g/mol. The number of nitrogens with one attached hydrogen (secondary N) is 1. The molecule has 0 bridgehead atoms. The molecule has 0 aromatic heterocycles. The Labute approximate surface area is 140 Å². The molecule has 0 heterocycles. The molecule has 0 radical (unpaired) electrons. The maximum Gasteiger partial charge on any atom is 0.422 e. The van der Waals surface area contributed by atoms with Crippen molar-refractivity contribution >= 4 is 24.0 Å². The van der Waals surface area contributed by atoms with Crippen LogP contribution in [0.4, 0.5) is 18.9 Å². The number of rotatable bonds is 6. The summed E-state index contributed by atoms with van der Waals surface area (Å²) in [6.45, 7) is 3.73. The van der Waals surface area contributed by atoms with Gasteiger partial charge < -0.3 is 15.8 Å². The fraction of sp³-hybridized carbons (Fsp3) is 0.533. The highest BCUT2D eigenvalue weighted by molar-refractivity contribution is 5.98. The Hall–Kier alpha value is -1.47. The van der Waals surface area contributed by atoms with Crippen LogP contribution in [0.15, 0.2) is 18.2 Å². The van der Waals surface area contributed by atoms with E-state index in [1.54, 1.807) is 19.9 Å². The first-order valence-corrected chi connectivity index (χ1v) is 6.96. The Morgan fingerprint density at radius 2 is 1.96 bits per heavy atom. The summed E-state index contributed by atoms with van der Waals surface area (Å²) in [5, 5.41) is 2.65. The third kappa shape index (κ3) is 6.66. The number of nitrogens with two attached hydrogens (primary N) is 1. The smallest absolute Gasteiger partial charge is 0.422 e. The number of halogens is 4. The molecule has 1 rings (SSSR count). The number of ether oxygens (including phenoxy) is 1. The van der Waals surface area contributed by atoms with E-state index in [9.17, 15) is 18.0 Å². The lowest BCUT2D eigenvalue weighted by molar-refractivity contribution is -0.153. The van der Waals surface area contributed by atoms with E-state index in [2.05, 4.69) is 5.32 Å². The largest absolute Gasteiger partial charge is 0.484 e. The van der Waals surface area contributed by atoms with Crippen molar-refractivity contribution in [1.29, 1.82) is 0 Å². The maximum atomic E-state index is 12.2. The van der Waals surface area contributed by atoms with Crippen LogP contribution in [0.3, 0.4) is 0 Å². The summed E-state index contributed by atoms with van der Waals surface area (Å²) >= 11 is 0. The summed E-state index contributed by atoms with van der Waals surface area (Å²) in [5.74, 6) is -0.310. The summed E-state index contributed by atoms with van der Waals surface area (Å²) in [4.78, 5) is 12.1. The van der Waals surface area contributed by atoms with Crippen LogP contribution in [0.1, 0.15) is 32.3 Å². The summed E-state index contributed by atoms with van der Waals surface area (Å²) in [7, 11) is 0. The Morgan fingerprint density at radius 1 is 1.35 bits per heavy atom. The monoisotopic (exact) mass is 354 g/mol. The predicted molar refractivity (Wildman–Crippen MR) is 86.1 cm³/mol. The molecule has 0 aliphatic heterocycles. The molecular weight excluding hydrogens is 333 g/mol. The molecular formula is C15H22ClF3N2O2. The van der Waals surface area contributed by atoms with Crippen LogP contribution in [0.25, 0.3) is 0 Å². The van der Waals surface area contributed by atoms with Gasteiger partial charge in [0.2, 0.25) is 5.91 Å². The van der Waals surface area contributed by atoms with Gasteiger partial charge in [0.15, 0.2) is 6.61 Å². The minimum Gasteiger partial charge on any atom is -0.484 e. The molecule has 8 heteroatoms. The number of alkyl halides is 3. The van der Waals surface area contributed by atoms with Crippen LogP contribution in [-0.4, -0.2) is 24.2 Å². The van der Waals surface area contributed by atoms with Gasteiger partial charge in [-0.15, -0.1) is 12.4 Å². The van der Waals surface area contributed by atoms with Crippen LogP contribution in [0.5, 0.6) is 5.75 Å². The predicted octanol–water partition coefficient (Wildman–Crippen LogP) is 3.81. The molecule has 0 saturated carbocycles. The molecule has 0 aliphatic carbocycles. The zero-order valence-electron chi connectivity index (χ0n) is 13.3. The number of hydrogen-bond acceptors (Lipinski definition) is 3. The fourth-order valence-corrected chi connectivity index (χ4v) is 1.96. The Balaban J connectivity index is 0.00000484. The zero-order valence-corrected chi connectivity index (χ0v) is 14.1. The molecule has 0 spiro atoms. The standard InChI is InChI=1S/C15H21F3N2O2.ClH/c1-4-8-14(3,19)13(21)20-11-6-5-7-12(10(11)2)22-9-15(16,17)18;/h5-7H,4,8-9,19H2,1-3H3,(H,20,21);1H. The number of anilines is 1. The van der Waals surface area contributed by atoms with E-state index in [1.807, 2.05) is 6.92 Å². The van der Waals surface area contributed by atoms with Gasteiger partial charge in [-0.05, 0) is 32.4 Å². The molecule has 1 unspecified atom stereocenters. The van der Waals surface area contributed by atoms with Crippen LogP contribution in [0, 0.1) is 6.92 Å². The Morgan fingerprint density at radius 3 is 2.48 bits per heavy atom. The third-order valence-corrected chi connectivity index (χ3v) is 3.21. The molecule has 0 saturated heterocycles. The molecule has 0 aliphatic rings. The van der Waals surface area contributed by atoms with E-state index in [1.165, 1.54) is 12.1 Å². The molecule has 1 atom stereocenters. The van der Waals surface area contributed by atoms with E-state index in [4.69, 9.17) is 10.5 Å². The van der Waals surface area contributed by atoms with Gasteiger partial charge in [0.1, 0.15) is 5.75 Å². The lowest BCUT2D eigenvalue weighted by atomic mass is 9.96. The number of carbonyl (C=O) groups is 1. The van der Waals surface area contributed by atoms with Crippen molar-refractivity contribution in [3.8, 4) is 5.75 Å². The van der Waals surface area contributed by atoms with Crippen molar-refractivity contribution in [1.82, 2.24) is 0 Å². The molecule has 1 aromatic rings. The third-order valence-electron chi connectivity index (χ3n) is 3.21. The molecule has 0 fully saturated rings. The van der Waals surface area contributed by atoms with Crippen LogP contribution in [0.2, 0.25) is 0 Å². The maximum absolute atomic E-state index is 12.2. The number of amides is 1. The van der Waals surface area contributed by atoms with Gasteiger partial charge in [0, 0.05) is 11.3 Å². The minimum atomic E-state index is -4.41. The van der Waals surface area contributed by atoms with Crippen molar-refractivity contribution < 1.29 is 22.7 Å². The van der Waals surface area contributed by atoms with Gasteiger partial charge >= 0.3 is 6.18 Å². The van der Waals surface area contributed by atoms with Crippen molar-refractivity contribution in [2.24, 2.45) is 5.73 Å². The highest BCUT2D eigenvalue weighted by Gasteiger charge is 2.30. The summed E-state index contributed by atoms with van der Waals surface area (Å²) in [6.07, 6.45) is -3.17. The number of hydrogen-bond donors (Lipinski definition) is 2. The SMILES string of the molecule is CCCC(C)(N)C(=O)Nc1cccc(OCC(F)(F)F)c1C.Cl. The van der Waals surface area contributed by atoms with E-state index >= 15 is 0 Å². The second kappa shape index (κ2) is 8.40. The van der Waals surface area contributed by atoms with Gasteiger partial charge in [-0.25, -0.2) is 0 Å². The molecule has 1 aromatic carbocycles. The summed E-state index contributed by atoms with van der Waals surface area (Å²) < 4.78 is 41.4. The Bertz CT molecular complexity index is 534. The zero-order chi connectivity index (χ0) is 17.0. The fourth-order valence-electron chi connectivity index (χ4n) is 1.96. The number of carbonyl (C=O) groups excluding carboxylic acids is 1. The number of benzene rings is 1. The Kier molecular flexibility index (Phi) is 7.86. The van der Waals surface area contributed by atoms with E-state index < -0.39 is 18.3 Å². The lowest BCUT2D eigenvalue weighted by Gasteiger charge is -2.24. The summed E-state index contributed by atoms with van der Waals surface area (Å²) in [5.41, 5.74) is 5.70. The van der Waals surface area contributed by atoms with Crippen molar-refractivity contribution in [2.75, 3.05) is 11.9 Å². The second-order valence-corrected chi connectivity index (χ2v) is 5.45. The molecule has 3 N–H and O–H groups in total. The molecule has 4 nitrogen and oxygen atoms in total. The average Bonchev–Trinajstić information content (AvgIpc) is 2.38. The minimum absolute atomic E-state index is 0. The van der Waals surface area contributed by atoms with E-state index in [-0.39, 0.29) is 24.1 Å². The summed E-state index contributed by atoms with van der Waals surface area (Å²) in [6, 6.07) is 4.53. The van der Waals surface area contributed by atoms with Gasteiger partial charge in [-0.1, -0.05) is 19.4 Å². The van der Waals surface area contributed by atoms with Gasteiger partial charge in [0.25, 0.3) is 0 Å². The second-order valence-electron chi connectivity index (χ2n) is 5.45. The molecule has 23 heavy (non-hydrogen) atoms. The van der Waals surface area contributed by atoms with Crippen molar-refractivity contribution in [3.05, 3.63) is 23.8 Å². The van der Waals surface area contributed by atoms with E-state index in [0.29, 0.717) is 17.7 Å². The van der Waals surface area contributed by atoms with Crippen LogP contribution >= 0.6 is 12.4 Å². The molecule has 1 amide bonds. The van der Waals surface area contributed by atoms with E-state index in [0.717, 1.165) is 6.42 Å². The lowest BCUT2D eigenvalue weighted by Crippen LogP contribution is -2.48. The normalized spacial score (nSPS) is 13.7. The quantitative estimate of drug-likeness (QED) is 0.816.